The van der Waals surface area contributed by atoms with Crippen LogP contribution in [0.2, 0.25) is 0 Å². The fourth-order valence-electron chi connectivity index (χ4n) is 1.87. The number of anilines is 1. The lowest BCUT2D eigenvalue weighted by atomic mass is 10.2. The third kappa shape index (κ3) is 4.74. The minimum absolute atomic E-state index is 0.00358. The lowest BCUT2D eigenvalue weighted by molar-refractivity contribution is -0.115. The van der Waals surface area contributed by atoms with Crippen molar-refractivity contribution in [2.45, 2.75) is 13.3 Å². The van der Waals surface area contributed by atoms with E-state index in [0.29, 0.717) is 22.5 Å². The van der Waals surface area contributed by atoms with Gasteiger partial charge in [0.1, 0.15) is 6.07 Å². The molecule has 2 aromatic rings. The minimum Gasteiger partial charge on any atom is -0.325 e. The highest BCUT2D eigenvalue weighted by Gasteiger charge is 2.08. The standard InChI is InChI=1S/C17H15N5O2/c1-12(21-22-17(24)13-6-8-19-9-7-13)10-16(23)20-15-5-3-2-4-14(15)11-18/h2-9H,10H2,1H3,(H,20,23)(H,22,24)/b21-12+. The smallest absolute Gasteiger partial charge is 0.271 e. The highest BCUT2D eigenvalue weighted by molar-refractivity contribution is 6.06. The number of carbonyl (C=O) groups is 2. The number of amides is 2. The molecule has 0 unspecified atom stereocenters. The number of para-hydroxylation sites is 1. The van der Waals surface area contributed by atoms with Crippen molar-refractivity contribution in [2.75, 3.05) is 5.32 Å². The van der Waals surface area contributed by atoms with Crippen LogP contribution in [0, 0.1) is 11.3 Å². The van der Waals surface area contributed by atoms with E-state index in [1.54, 1.807) is 43.3 Å². The number of benzene rings is 1. The molecule has 120 valence electrons. The molecule has 0 atom stereocenters. The van der Waals surface area contributed by atoms with Gasteiger partial charge in [0, 0.05) is 23.7 Å². The molecule has 0 bridgehead atoms. The van der Waals surface area contributed by atoms with Gasteiger partial charge in [0.25, 0.3) is 5.91 Å². The lowest BCUT2D eigenvalue weighted by Gasteiger charge is -2.07. The Bertz CT molecular complexity index is 809. The molecule has 1 aromatic heterocycles. The van der Waals surface area contributed by atoms with Gasteiger partial charge in [-0.2, -0.15) is 10.4 Å². The minimum atomic E-state index is -0.382. The van der Waals surface area contributed by atoms with Crippen LogP contribution in [-0.2, 0) is 4.79 Å². The average Bonchev–Trinajstić information content (AvgIpc) is 2.60. The summed E-state index contributed by atoms with van der Waals surface area (Å²) in [6.45, 7) is 1.63. The van der Waals surface area contributed by atoms with Gasteiger partial charge in [-0.15, -0.1) is 0 Å². The summed E-state index contributed by atoms with van der Waals surface area (Å²) < 4.78 is 0. The van der Waals surface area contributed by atoms with E-state index >= 15 is 0 Å². The van der Waals surface area contributed by atoms with Crippen LogP contribution >= 0.6 is 0 Å². The van der Waals surface area contributed by atoms with Crippen LogP contribution in [0.25, 0.3) is 0 Å². The van der Waals surface area contributed by atoms with Crippen molar-refractivity contribution in [3.05, 3.63) is 59.9 Å². The number of nitrogens with zero attached hydrogens (tertiary/aromatic N) is 3. The van der Waals surface area contributed by atoms with Crippen LogP contribution in [0.4, 0.5) is 5.69 Å². The number of hydrogen-bond donors (Lipinski definition) is 2. The Hall–Kier alpha value is -3.53. The van der Waals surface area contributed by atoms with Crippen LogP contribution in [-0.4, -0.2) is 22.5 Å². The molecule has 2 amide bonds. The number of hydrazone groups is 1. The summed E-state index contributed by atoms with van der Waals surface area (Å²) in [5.41, 5.74) is 4.06. The predicted octanol–water partition coefficient (Wildman–Crippen LogP) is 2.09. The summed E-state index contributed by atoms with van der Waals surface area (Å²) in [6, 6.07) is 11.8. The molecule has 2 N–H and O–H groups in total. The molecule has 24 heavy (non-hydrogen) atoms. The molecule has 0 saturated heterocycles. The quantitative estimate of drug-likeness (QED) is 0.649. The Labute approximate surface area is 139 Å². The number of nitrogens with one attached hydrogen (secondary N) is 2. The van der Waals surface area contributed by atoms with Crippen LogP contribution in [0.3, 0.4) is 0 Å². The number of aromatic nitrogens is 1. The summed E-state index contributed by atoms with van der Waals surface area (Å²) in [5, 5.41) is 15.5. The molecule has 0 aliphatic heterocycles. The molecule has 1 aromatic carbocycles. The van der Waals surface area contributed by atoms with Crippen molar-refractivity contribution >= 4 is 23.2 Å². The number of carbonyl (C=O) groups excluding carboxylic acids is 2. The zero-order valence-corrected chi connectivity index (χ0v) is 13.0. The Kier molecular flexibility index (Phi) is 5.75. The first-order chi connectivity index (χ1) is 11.6. The van der Waals surface area contributed by atoms with Crippen molar-refractivity contribution in [2.24, 2.45) is 5.10 Å². The maximum Gasteiger partial charge on any atom is 0.271 e. The first kappa shape index (κ1) is 16.8. The molecule has 0 saturated carbocycles. The van der Waals surface area contributed by atoms with Gasteiger partial charge in [-0.25, -0.2) is 5.43 Å². The van der Waals surface area contributed by atoms with Gasteiger partial charge in [0.2, 0.25) is 5.91 Å². The second kappa shape index (κ2) is 8.19. The van der Waals surface area contributed by atoms with Crippen molar-refractivity contribution in [1.82, 2.24) is 10.4 Å². The molecular formula is C17H15N5O2. The van der Waals surface area contributed by atoms with Crippen molar-refractivity contribution in [3.8, 4) is 6.07 Å². The molecule has 0 spiro atoms. The monoisotopic (exact) mass is 321 g/mol. The van der Waals surface area contributed by atoms with Gasteiger partial charge in [-0.1, -0.05) is 12.1 Å². The summed E-state index contributed by atoms with van der Waals surface area (Å²) in [4.78, 5) is 27.6. The van der Waals surface area contributed by atoms with E-state index in [1.807, 2.05) is 6.07 Å². The fourth-order valence-corrected chi connectivity index (χ4v) is 1.87. The van der Waals surface area contributed by atoms with Gasteiger partial charge >= 0.3 is 0 Å². The topological polar surface area (TPSA) is 107 Å². The third-order valence-electron chi connectivity index (χ3n) is 3.03. The summed E-state index contributed by atoms with van der Waals surface area (Å²) in [5.74, 6) is -0.705. The normalized spacial score (nSPS) is 10.6. The second-order valence-corrected chi connectivity index (χ2v) is 4.91. The van der Waals surface area contributed by atoms with Gasteiger partial charge in [0.15, 0.2) is 0 Å². The second-order valence-electron chi connectivity index (χ2n) is 4.91. The molecule has 7 nitrogen and oxygen atoms in total. The Morgan fingerprint density at radius 2 is 1.92 bits per heavy atom. The molecule has 0 aliphatic carbocycles. The van der Waals surface area contributed by atoms with E-state index < -0.39 is 0 Å². The predicted molar refractivity (Wildman–Crippen MR) is 89.2 cm³/mol. The highest BCUT2D eigenvalue weighted by atomic mass is 16.2. The SMILES string of the molecule is C/C(CC(=O)Nc1ccccc1C#N)=N\NC(=O)c1ccncc1. The lowest BCUT2D eigenvalue weighted by Crippen LogP contribution is -2.21. The zero-order valence-electron chi connectivity index (χ0n) is 13.0. The molecule has 2 rings (SSSR count). The molecule has 1 heterocycles. The summed E-state index contributed by atoms with van der Waals surface area (Å²) in [7, 11) is 0. The zero-order chi connectivity index (χ0) is 17.4. The van der Waals surface area contributed by atoms with Crippen LogP contribution in [0.1, 0.15) is 29.3 Å². The maximum atomic E-state index is 12.0. The Morgan fingerprint density at radius 1 is 1.21 bits per heavy atom. The van der Waals surface area contributed by atoms with E-state index in [4.69, 9.17) is 5.26 Å². The maximum absolute atomic E-state index is 12.0. The van der Waals surface area contributed by atoms with Gasteiger partial charge in [0.05, 0.1) is 17.7 Å². The van der Waals surface area contributed by atoms with Crippen LogP contribution in [0.5, 0.6) is 0 Å². The molecule has 0 radical (unpaired) electrons. The average molecular weight is 321 g/mol. The fraction of sp³-hybridized carbons (Fsp3) is 0.118. The Morgan fingerprint density at radius 3 is 2.62 bits per heavy atom. The number of pyridine rings is 1. The van der Waals surface area contributed by atoms with Crippen molar-refractivity contribution in [1.29, 1.82) is 5.26 Å². The van der Waals surface area contributed by atoms with E-state index in [1.165, 1.54) is 12.4 Å². The van der Waals surface area contributed by atoms with Gasteiger partial charge < -0.3 is 5.32 Å². The molecule has 0 aliphatic rings. The largest absolute Gasteiger partial charge is 0.325 e. The van der Waals surface area contributed by atoms with Gasteiger partial charge in [-0.3, -0.25) is 14.6 Å². The van der Waals surface area contributed by atoms with Crippen molar-refractivity contribution in [3.63, 3.8) is 0 Å². The Balaban J connectivity index is 1.92. The molecule has 7 heteroatoms. The van der Waals surface area contributed by atoms with Crippen molar-refractivity contribution < 1.29 is 9.59 Å². The van der Waals surface area contributed by atoms with E-state index in [9.17, 15) is 9.59 Å². The van der Waals surface area contributed by atoms with E-state index in [-0.39, 0.29) is 18.2 Å². The summed E-state index contributed by atoms with van der Waals surface area (Å²) in [6.07, 6.45) is 3.01. The van der Waals surface area contributed by atoms with E-state index in [0.717, 1.165) is 0 Å². The third-order valence-corrected chi connectivity index (χ3v) is 3.03. The first-order valence-electron chi connectivity index (χ1n) is 7.12. The summed E-state index contributed by atoms with van der Waals surface area (Å²) >= 11 is 0. The van der Waals surface area contributed by atoms with E-state index in [2.05, 4.69) is 20.8 Å². The molecule has 0 fully saturated rings. The number of rotatable bonds is 5. The van der Waals surface area contributed by atoms with Gasteiger partial charge in [-0.05, 0) is 31.2 Å². The first-order valence-corrected chi connectivity index (χ1v) is 7.12. The van der Waals surface area contributed by atoms with Crippen LogP contribution in [0.15, 0.2) is 53.9 Å². The number of hydrogen-bond acceptors (Lipinski definition) is 5. The highest BCUT2D eigenvalue weighted by Crippen LogP contribution is 2.13. The molecular weight excluding hydrogens is 306 g/mol. The van der Waals surface area contributed by atoms with Crippen LogP contribution < -0.4 is 10.7 Å². The number of nitriles is 1.